The summed E-state index contributed by atoms with van der Waals surface area (Å²) in [6, 6.07) is 29.9. The van der Waals surface area contributed by atoms with Gasteiger partial charge in [-0.1, -0.05) is 228 Å². The van der Waals surface area contributed by atoms with Crippen LogP contribution in [0.15, 0.2) is 91.0 Å². The summed E-state index contributed by atoms with van der Waals surface area (Å²) in [7, 11) is -9.72. The zero-order chi connectivity index (χ0) is 90.6. The molecule has 0 radical (unpaired) electrons. The van der Waals surface area contributed by atoms with E-state index in [0.29, 0.717) is 39.3 Å². The molecule has 0 N–H and O–H groups in total. The molecule has 7 saturated heterocycles. The first-order valence-corrected chi connectivity index (χ1v) is 57.7. The van der Waals surface area contributed by atoms with E-state index in [-0.39, 0.29) is 102 Å². The Labute approximate surface area is 743 Å². The molecule has 123 heavy (non-hydrogen) atoms. The Hall–Kier alpha value is -3.29. The number of hydrogen-bond donors (Lipinski definition) is 0. The van der Waals surface area contributed by atoms with Gasteiger partial charge in [-0.2, -0.15) is 0 Å². The molecule has 26 atom stereocenters. The average molecular weight is 1790 g/mol. The van der Waals surface area contributed by atoms with Gasteiger partial charge in [0.25, 0.3) is 0 Å². The van der Waals surface area contributed by atoms with E-state index in [0.717, 1.165) is 23.1 Å². The van der Waals surface area contributed by atoms with E-state index in [2.05, 4.69) is 170 Å². The summed E-state index contributed by atoms with van der Waals surface area (Å²) in [5.41, 5.74) is 1.06. The number of benzene rings is 3. The molecular weight excluding hydrogens is 1630 g/mol. The molecule has 23 nitrogen and oxygen atoms in total. The molecule has 7 aliphatic rings. The Morgan fingerprint density at radius 3 is 1.63 bits per heavy atom. The minimum absolute atomic E-state index is 0.00186. The van der Waals surface area contributed by atoms with Crippen LogP contribution in [0.4, 0.5) is 0 Å². The lowest BCUT2D eigenvalue weighted by Gasteiger charge is -2.47. The number of carbonyl (C=O) groups excluding carboxylic acids is 2. The highest BCUT2D eigenvalue weighted by Crippen LogP contribution is 2.51. The SMILES string of the molecule is CC[C@H](C)[C@H](C[C@@H](CC(=O)O[C@H]1C(C)OCC(O[C@@H]2OC(C)[C@H](O[C@@H]3OC[C@H](OCc4ccccc4)C(O[C@H]4OC[C@]5(COCc6ccccc6)O[C@@H](c6ccccc6)OC45)C3C)C3OC(C)(C)OC32)C1C)O[Si](C)(C)C(C)(C)C)OC(=O)C[C@H](C[C@H](OC1(C)CO[C@H](CO[Si](C)(C)C(C)(C)C)C1O[Si](C)(C)C(C)(C)C)[C@@H](C)CC)O[Si](C)(C)C(C)(C)C. The van der Waals surface area contributed by atoms with E-state index in [4.69, 9.17) is 98.2 Å². The summed E-state index contributed by atoms with van der Waals surface area (Å²) in [6.07, 6.45) is -10.7. The van der Waals surface area contributed by atoms with Gasteiger partial charge in [-0.3, -0.25) is 9.59 Å². The molecule has 3 aromatic carbocycles. The summed E-state index contributed by atoms with van der Waals surface area (Å²) < 4.78 is 145. The third-order valence-corrected chi connectivity index (χ3v) is 47.0. The van der Waals surface area contributed by atoms with E-state index in [1.54, 1.807) is 0 Å². The average Bonchev–Trinajstić information content (AvgIpc) is 1.62. The highest BCUT2D eigenvalue weighted by molar-refractivity contribution is 6.75. The lowest BCUT2D eigenvalue weighted by atomic mass is 9.91. The van der Waals surface area contributed by atoms with Crippen molar-refractivity contribution in [2.24, 2.45) is 23.7 Å². The largest absolute Gasteiger partial charge is 0.462 e. The van der Waals surface area contributed by atoms with E-state index in [1.807, 2.05) is 133 Å². The number of carbonyl (C=O) groups is 2. The Morgan fingerprint density at radius 1 is 0.520 bits per heavy atom. The van der Waals surface area contributed by atoms with Crippen molar-refractivity contribution in [2.75, 3.05) is 39.6 Å². The molecule has 0 amide bonds. The fourth-order valence-corrected chi connectivity index (χ4v) is 21.6. The van der Waals surface area contributed by atoms with Crippen molar-refractivity contribution in [1.82, 2.24) is 0 Å². The van der Waals surface area contributed by atoms with Gasteiger partial charge in [0.05, 0.1) is 108 Å². The molecular formula is C96H160O23Si4. The summed E-state index contributed by atoms with van der Waals surface area (Å²) in [6.45, 7) is 69.3. The maximum absolute atomic E-state index is 15.3. The van der Waals surface area contributed by atoms with Crippen LogP contribution in [0.5, 0.6) is 0 Å². The summed E-state index contributed by atoms with van der Waals surface area (Å²) in [5, 5.41) is -0.476. The van der Waals surface area contributed by atoms with Crippen LogP contribution >= 0.6 is 0 Å². The Kier molecular flexibility index (Phi) is 34.1. The van der Waals surface area contributed by atoms with Crippen LogP contribution in [0.3, 0.4) is 0 Å². The number of rotatable bonds is 39. The number of esters is 2. The van der Waals surface area contributed by atoms with Crippen LogP contribution in [0.2, 0.25) is 72.5 Å². The van der Waals surface area contributed by atoms with Gasteiger partial charge >= 0.3 is 11.9 Å². The zero-order valence-corrected chi connectivity index (χ0v) is 84.8. The molecule has 3 aromatic rings. The molecule has 7 heterocycles. The molecule has 0 aromatic heterocycles. The van der Waals surface area contributed by atoms with Gasteiger partial charge in [-0.15, -0.1) is 0 Å². The van der Waals surface area contributed by atoms with Crippen molar-refractivity contribution >= 4 is 45.2 Å². The Balaban J connectivity index is 0.823. The highest BCUT2D eigenvalue weighted by atomic mass is 28.4. The van der Waals surface area contributed by atoms with Gasteiger partial charge < -0.3 is 98.2 Å². The minimum atomic E-state index is -2.61. The van der Waals surface area contributed by atoms with Crippen LogP contribution in [0.25, 0.3) is 0 Å². The molecule has 0 aliphatic carbocycles. The second kappa shape index (κ2) is 41.2. The van der Waals surface area contributed by atoms with Crippen molar-refractivity contribution in [1.29, 1.82) is 0 Å². The van der Waals surface area contributed by atoms with E-state index >= 15 is 9.59 Å². The van der Waals surface area contributed by atoms with Crippen LogP contribution in [-0.2, 0) is 121 Å². The third-order valence-electron chi connectivity index (χ3n) is 29.0. The van der Waals surface area contributed by atoms with E-state index in [9.17, 15) is 0 Å². The summed E-state index contributed by atoms with van der Waals surface area (Å²) in [5.74, 6) is -2.78. The summed E-state index contributed by atoms with van der Waals surface area (Å²) >= 11 is 0. The van der Waals surface area contributed by atoms with Gasteiger partial charge in [-0.25, -0.2) is 0 Å². The lowest BCUT2D eigenvalue weighted by Crippen LogP contribution is -2.61. The maximum Gasteiger partial charge on any atom is 0.308 e. The van der Waals surface area contributed by atoms with Crippen molar-refractivity contribution in [3.8, 4) is 0 Å². The molecule has 7 aliphatic heterocycles. The predicted octanol–water partition coefficient (Wildman–Crippen LogP) is 19.7. The molecule has 0 spiro atoms. The van der Waals surface area contributed by atoms with Crippen molar-refractivity contribution in [3.05, 3.63) is 108 Å². The van der Waals surface area contributed by atoms with Crippen molar-refractivity contribution in [2.45, 2.75) is 423 Å². The molecule has 27 heteroatoms. The highest BCUT2D eigenvalue weighted by Gasteiger charge is 2.63. The summed E-state index contributed by atoms with van der Waals surface area (Å²) in [4.78, 5) is 30.3. The standard InChI is InChI=1S/C96H160O23Si4/c1-32-61(3)72(107-77(97)51-71(118-122(28,29)92(15,16)17)50-73(62(4)33-2)113-95(23)58-103-76(57-105-120(24,25)90(9,10)11)84(95)119-123(30,31)93(18,19)20)49-70(117-121(26,27)91(12,13)14)52-78(98)109-79-63(5)74(55-100-65(79)7)108-88-83-82(114-94(21,22)115-83)81(66(8)106-88)111-86-64(6)80(75(56-102-86)101-54-68-45-39-35-40-46-68)110-89-85-96(60-104-89,59-99-53-67-43-37-34-38-44-67)116-87(112-85)69-47-41-36-42-48-69/h34-48,61-66,70-76,79-89H,32-33,49-60H2,1-31H3/t61-,62-,63?,64?,65?,66?,70-,71-,72-,73-,74?,75-,76+,79+,80?,81-,82?,83?,84?,85?,86-,87-,88-,89+,95?,96-/m0/s1. The molecule has 7 fully saturated rings. The first-order valence-electron chi connectivity index (χ1n) is 46.0. The van der Waals surface area contributed by atoms with Crippen molar-refractivity contribution in [3.63, 3.8) is 0 Å². The minimum Gasteiger partial charge on any atom is -0.462 e. The lowest BCUT2D eigenvalue weighted by molar-refractivity contribution is -0.344. The molecule has 698 valence electrons. The molecule has 0 saturated carbocycles. The second-order valence-electron chi connectivity index (χ2n) is 43.4. The van der Waals surface area contributed by atoms with E-state index < -0.39 is 173 Å². The second-order valence-corrected chi connectivity index (χ2v) is 62.5. The first kappa shape index (κ1) is 102. The molecule has 0 bridgehead atoms. The van der Waals surface area contributed by atoms with Gasteiger partial charge in [-0.05, 0) is 137 Å². The number of hydrogen-bond acceptors (Lipinski definition) is 23. The van der Waals surface area contributed by atoms with Crippen LogP contribution < -0.4 is 0 Å². The molecule has 11 unspecified atom stereocenters. The van der Waals surface area contributed by atoms with Gasteiger partial charge in [0.15, 0.2) is 64.2 Å². The molecule has 10 rings (SSSR count). The van der Waals surface area contributed by atoms with Gasteiger partial charge in [0, 0.05) is 23.8 Å². The third kappa shape index (κ3) is 25.5. The normalized spacial score (nSPS) is 32.6. The van der Waals surface area contributed by atoms with Crippen LogP contribution in [0, 0.1) is 23.7 Å². The fourth-order valence-electron chi connectivity index (χ4n) is 16.4. The van der Waals surface area contributed by atoms with Gasteiger partial charge in [0.1, 0.15) is 66.1 Å². The predicted molar refractivity (Wildman–Crippen MR) is 485 cm³/mol. The zero-order valence-electron chi connectivity index (χ0n) is 80.8. The number of ether oxygens (including phenoxy) is 17. The Bertz CT molecular complexity index is 3780. The quantitative estimate of drug-likeness (QED) is 0.0382. The Morgan fingerprint density at radius 2 is 1.05 bits per heavy atom. The topological polar surface area (TPSA) is 228 Å². The first-order chi connectivity index (χ1) is 57.2. The van der Waals surface area contributed by atoms with E-state index in [1.165, 1.54) is 0 Å². The maximum atomic E-state index is 15.3. The monoisotopic (exact) mass is 1790 g/mol. The van der Waals surface area contributed by atoms with Crippen LogP contribution in [-0.4, -0.2) is 218 Å². The fraction of sp³-hybridized carbons (Fsp3) is 0.792. The van der Waals surface area contributed by atoms with Gasteiger partial charge in [0.2, 0.25) is 0 Å². The van der Waals surface area contributed by atoms with Crippen molar-refractivity contribution < 1.29 is 108 Å². The number of fused-ring (bicyclic) bond motifs is 2. The van der Waals surface area contributed by atoms with Crippen LogP contribution in [0.1, 0.15) is 221 Å². The smallest absolute Gasteiger partial charge is 0.308 e.